The first-order chi connectivity index (χ1) is 6.76. The molecule has 0 fully saturated rings. The minimum absolute atomic E-state index is 0.487. The van der Waals surface area contributed by atoms with Crippen molar-refractivity contribution in [1.29, 1.82) is 0 Å². The number of rotatable bonds is 4. The van der Waals surface area contributed by atoms with Gasteiger partial charge >= 0.3 is 0 Å². The van der Waals surface area contributed by atoms with E-state index in [1.54, 1.807) is 11.3 Å². The van der Waals surface area contributed by atoms with Crippen molar-refractivity contribution in [2.24, 2.45) is 10.7 Å². The van der Waals surface area contributed by atoms with E-state index in [2.05, 4.69) is 22.2 Å². The third-order valence-corrected chi connectivity index (χ3v) is 2.82. The summed E-state index contributed by atoms with van der Waals surface area (Å²) < 4.78 is 0. The van der Waals surface area contributed by atoms with Crippen LogP contribution in [-0.2, 0) is 13.0 Å². The molecule has 0 saturated carbocycles. The maximum absolute atomic E-state index is 5.59. The highest BCUT2D eigenvalue weighted by Crippen LogP contribution is 2.13. The second kappa shape index (κ2) is 5.59. The third kappa shape index (κ3) is 3.33. The molecule has 1 aromatic heterocycles. The van der Waals surface area contributed by atoms with Crippen molar-refractivity contribution in [2.75, 3.05) is 6.54 Å². The van der Waals surface area contributed by atoms with Crippen molar-refractivity contribution < 1.29 is 0 Å². The molecule has 0 radical (unpaired) electrons. The maximum atomic E-state index is 5.59. The summed E-state index contributed by atoms with van der Waals surface area (Å²) >= 11 is 1.69. The van der Waals surface area contributed by atoms with Gasteiger partial charge in [-0.15, -0.1) is 11.3 Å². The van der Waals surface area contributed by atoms with Gasteiger partial charge in [0.2, 0.25) is 0 Å². The van der Waals surface area contributed by atoms with E-state index in [1.165, 1.54) is 4.88 Å². The van der Waals surface area contributed by atoms with E-state index < -0.39 is 0 Å². The van der Waals surface area contributed by atoms with Crippen LogP contribution in [0.2, 0.25) is 0 Å². The molecule has 1 aromatic rings. The molecule has 3 N–H and O–H groups in total. The fourth-order valence-corrected chi connectivity index (χ4v) is 1.76. The van der Waals surface area contributed by atoms with E-state index >= 15 is 0 Å². The predicted molar refractivity (Wildman–Crippen MR) is 60.5 cm³/mol. The number of nitrogens with zero attached hydrogens (tertiary/aromatic N) is 2. The Morgan fingerprint density at radius 3 is 3.00 bits per heavy atom. The zero-order chi connectivity index (χ0) is 10.4. The summed E-state index contributed by atoms with van der Waals surface area (Å²) in [5.74, 6) is 0.487. The van der Waals surface area contributed by atoms with Crippen molar-refractivity contribution in [3.8, 4) is 0 Å². The van der Waals surface area contributed by atoms with Gasteiger partial charge in [-0.2, -0.15) is 0 Å². The summed E-state index contributed by atoms with van der Waals surface area (Å²) in [5.41, 5.74) is 5.59. The van der Waals surface area contributed by atoms with Crippen molar-refractivity contribution in [2.45, 2.75) is 26.8 Å². The Balaban J connectivity index is 2.48. The van der Waals surface area contributed by atoms with Gasteiger partial charge in [-0.05, 0) is 13.3 Å². The number of hydrogen-bond donors (Lipinski definition) is 2. The maximum Gasteiger partial charge on any atom is 0.188 e. The highest BCUT2D eigenvalue weighted by atomic mass is 32.1. The van der Waals surface area contributed by atoms with Crippen LogP contribution in [0.4, 0.5) is 0 Å². The topological polar surface area (TPSA) is 63.3 Å². The molecular weight excluding hydrogens is 196 g/mol. The number of thiazole rings is 1. The van der Waals surface area contributed by atoms with E-state index in [-0.39, 0.29) is 0 Å². The Morgan fingerprint density at radius 2 is 2.43 bits per heavy atom. The molecule has 0 saturated heterocycles. The molecule has 0 aliphatic rings. The lowest BCUT2D eigenvalue weighted by Gasteiger charge is -1.99. The normalized spacial score (nSPS) is 11.7. The number of hydrogen-bond acceptors (Lipinski definition) is 3. The summed E-state index contributed by atoms with van der Waals surface area (Å²) in [6.07, 6.45) is 2.93. The predicted octanol–water partition coefficient (Wildman–Crippen LogP) is 1.13. The first-order valence-corrected chi connectivity index (χ1v) is 5.55. The van der Waals surface area contributed by atoms with Gasteiger partial charge < -0.3 is 11.1 Å². The van der Waals surface area contributed by atoms with E-state index in [9.17, 15) is 0 Å². The molecule has 4 nitrogen and oxygen atoms in total. The summed E-state index contributed by atoms with van der Waals surface area (Å²) in [7, 11) is 0. The quantitative estimate of drug-likeness (QED) is 0.581. The minimum atomic E-state index is 0.487. The van der Waals surface area contributed by atoms with Crippen LogP contribution in [0.25, 0.3) is 0 Å². The van der Waals surface area contributed by atoms with Crippen LogP contribution in [-0.4, -0.2) is 17.5 Å². The molecule has 0 spiro atoms. The van der Waals surface area contributed by atoms with E-state index in [1.807, 2.05) is 13.1 Å². The lowest BCUT2D eigenvalue weighted by atomic mass is 10.4. The smallest absolute Gasteiger partial charge is 0.188 e. The highest BCUT2D eigenvalue weighted by Gasteiger charge is 1.99. The molecule has 0 aliphatic carbocycles. The van der Waals surface area contributed by atoms with Crippen LogP contribution in [0.5, 0.6) is 0 Å². The van der Waals surface area contributed by atoms with Crippen LogP contribution >= 0.6 is 11.3 Å². The highest BCUT2D eigenvalue weighted by molar-refractivity contribution is 7.11. The van der Waals surface area contributed by atoms with Gasteiger partial charge in [0, 0.05) is 17.6 Å². The fourth-order valence-electron chi connectivity index (χ4n) is 0.974. The standard InChI is InChI=1S/C9H16N4S/c1-3-7-5-12-8(14-7)6-13-9(10)11-4-2/h5H,3-4,6H2,1-2H3,(H3,10,11,13). The molecule has 1 heterocycles. The van der Waals surface area contributed by atoms with Crippen LogP contribution in [0.1, 0.15) is 23.7 Å². The molecule has 14 heavy (non-hydrogen) atoms. The molecule has 5 heteroatoms. The minimum Gasteiger partial charge on any atom is -0.370 e. The number of aromatic nitrogens is 1. The van der Waals surface area contributed by atoms with Gasteiger partial charge in [-0.25, -0.2) is 9.98 Å². The number of nitrogens with two attached hydrogens (primary N) is 1. The van der Waals surface area contributed by atoms with Crippen LogP contribution in [0.15, 0.2) is 11.2 Å². The van der Waals surface area contributed by atoms with Gasteiger partial charge in [-0.1, -0.05) is 6.92 Å². The number of nitrogens with one attached hydrogen (secondary N) is 1. The molecule has 1 rings (SSSR count). The van der Waals surface area contributed by atoms with E-state index in [0.717, 1.165) is 18.0 Å². The number of aliphatic imine (C=N–C) groups is 1. The molecule has 0 atom stereocenters. The lowest BCUT2D eigenvalue weighted by Crippen LogP contribution is -2.31. The summed E-state index contributed by atoms with van der Waals surface area (Å²) in [6, 6.07) is 0. The zero-order valence-electron chi connectivity index (χ0n) is 8.58. The van der Waals surface area contributed by atoms with Crippen molar-refractivity contribution in [1.82, 2.24) is 10.3 Å². The number of aryl methyl sites for hydroxylation is 1. The Morgan fingerprint density at radius 1 is 1.64 bits per heavy atom. The first kappa shape index (κ1) is 11.0. The molecule has 0 amide bonds. The molecular formula is C9H16N4S. The average Bonchev–Trinajstić information content (AvgIpc) is 2.63. The molecule has 0 aliphatic heterocycles. The second-order valence-corrected chi connectivity index (χ2v) is 4.01. The third-order valence-electron chi connectivity index (χ3n) is 1.69. The second-order valence-electron chi connectivity index (χ2n) is 2.81. The Kier molecular flexibility index (Phi) is 4.39. The van der Waals surface area contributed by atoms with Gasteiger partial charge in [0.1, 0.15) is 5.01 Å². The number of guanidine groups is 1. The van der Waals surface area contributed by atoms with Gasteiger partial charge in [-0.3, -0.25) is 0 Å². The lowest BCUT2D eigenvalue weighted by molar-refractivity contribution is 0.921. The largest absolute Gasteiger partial charge is 0.370 e. The van der Waals surface area contributed by atoms with Crippen molar-refractivity contribution in [3.63, 3.8) is 0 Å². The SMILES string of the molecule is CCNC(N)=NCc1ncc(CC)s1. The molecule has 0 bridgehead atoms. The molecule has 0 unspecified atom stereocenters. The van der Waals surface area contributed by atoms with Crippen molar-refractivity contribution >= 4 is 17.3 Å². The Hall–Kier alpha value is -1.10. The zero-order valence-corrected chi connectivity index (χ0v) is 9.40. The van der Waals surface area contributed by atoms with E-state index in [4.69, 9.17) is 5.73 Å². The molecule has 0 aromatic carbocycles. The summed E-state index contributed by atoms with van der Waals surface area (Å²) in [4.78, 5) is 9.70. The fraction of sp³-hybridized carbons (Fsp3) is 0.556. The van der Waals surface area contributed by atoms with Crippen LogP contribution < -0.4 is 11.1 Å². The monoisotopic (exact) mass is 212 g/mol. The van der Waals surface area contributed by atoms with Crippen molar-refractivity contribution in [3.05, 3.63) is 16.1 Å². The van der Waals surface area contributed by atoms with Crippen LogP contribution in [0, 0.1) is 0 Å². The summed E-state index contributed by atoms with van der Waals surface area (Å²) in [6.45, 7) is 5.48. The van der Waals surface area contributed by atoms with Crippen LogP contribution in [0.3, 0.4) is 0 Å². The van der Waals surface area contributed by atoms with E-state index in [0.29, 0.717) is 12.5 Å². The average molecular weight is 212 g/mol. The first-order valence-electron chi connectivity index (χ1n) is 4.73. The Labute approximate surface area is 88.3 Å². The Bertz CT molecular complexity index is 306. The van der Waals surface area contributed by atoms with Gasteiger partial charge in [0.25, 0.3) is 0 Å². The summed E-state index contributed by atoms with van der Waals surface area (Å²) in [5, 5.41) is 3.96. The van der Waals surface area contributed by atoms with Gasteiger partial charge in [0.05, 0.1) is 6.54 Å². The van der Waals surface area contributed by atoms with Gasteiger partial charge in [0.15, 0.2) is 5.96 Å². The molecule has 78 valence electrons.